The van der Waals surface area contributed by atoms with Crippen LogP contribution >= 0.6 is 0 Å². The van der Waals surface area contributed by atoms with Gasteiger partial charge in [-0.1, -0.05) is 18.2 Å². The Morgan fingerprint density at radius 3 is 2.79 bits per heavy atom. The second-order valence-electron chi connectivity index (χ2n) is 5.63. The van der Waals surface area contributed by atoms with Crippen LogP contribution in [0.1, 0.15) is 21.5 Å². The monoisotopic (exact) mass is 322 g/mol. The number of hydrogen-bond donors (Lipinski definition) is 2. The number of amides is 1. The Hall–Kier alpha value is -3.08. The lowest BCUT2D eigenvalue weighted by molar-refractivity contribution is 0.0950. The number of hydrogen-bond acceptors (Lipinski definition) is 3. The van der Waals surface area contributed by atoms with Gasteiger partial charge in [0.05, 0.1) is 7.11 Å². The normalized spacial score (nSPS) is 10.6. The Morgan fingerprint density at radius 1 is 1.17 bits per heavy atom. The minimum Gasteiger partial charge on any atom is -0.497 e. The topological polar surface area (TPSA) is 71.2 Å². The average molecular weight is 322 g/mol. The summed E-state index contributed by atoms with van der Waals surface area (Å²) in [5, 5.41) is 3.70. The number of methoxy groups -OCH3 is 1. The number of carbonyl (C=O) groups excluding carboxylic acids is 1. The zero-order chi connectivity index (χ0) is 17.1. The molecule has 0 fully saturated rings. The predicted octanol–water partition coefficient (Wildman–Crippen LogP) is 2.78. The lowest BCUT2D eigenvalue weighted by Gasteiger charge is -2.07. The van der Waals surface area contributed by atoms with Crippen LogP contribution < -0.4 is 15.6 Å². The molecule has 0 saturated heterocycles. The van der Waals surface area contributed by atoms with E-state index in [-0.39, 0.29) is 18.0 Å². The van der Waals surface area contributed by atoms with E-state index in [4.69, 9.17) is 4.74 Å². The molecule has 1 heterocycles. The maximum atomic E-state index is 12.2. The summed E-state index contributed by atoms with van der Waals surface area (Å²) in [5.41, 5.74) is 2.68. The molecule has 2 N–H and O–H groups in total. The van der Waals surface area contributed by atoms with Crippen molar-refractivity contribution >= 4 is 16.8 Å². The number of nitrogens with one attached hydrogen (secondary N) is 2. The maximum absolute atomic E-state index is 12.2. The van der Waals surface area contributed by atoms with E-state index in [2.05, 4.69) is 10.3 Å². The van der Waals surface area contributed by atoms with E-state index in [1.54, 1.807) is 37.4 Å². The van der Waals surface area contributed by atoms with Gasteiger partial charge in [-0.05, 0) is 48.2 Å². The molecule has 24 heavy (non-hydrogen) atoms. The van der Waals surface area contributed by atoms with Crippen LogP contribution in [-0.4, -0.2) is 18.0 Å². The minimum absolute atomic E-state index is 0.162. The van der Waals surface area contributed by atoms with E-state index >= 15 is 0 Å². The van der Waals surface area contributed by atoms with Crippen molar-refractivity contribution in [1.29, 1.82) is 0 Å². The highest BCUT2D eigenvalue weighted by Crippen LogP contribution is 2.14. The van der Waals surface area contributed by atoms with Crippen molar-refractivity contribution in [3.63, 3.8) is 0 Å². The Bertz CT molecular complexity index is 960. The third-order valence-electron chi connectivity index (χ3n) is 3.85. The molecule has 3 aromatic rings. The Balaban J connectivity index is 1.80. The van der Waals surface area contributed by atoms with Crippen LogP contribution in [0, 0.1) is 6.92 Å². The fourth-order valence-electron chi connectivity index (χ4n) is 2.53. The second-order valence-corrected chi connectivity index (χ2v) is 5.63. The van der Waals surface area contributed by atoms with Gasteiger partial charge >= 0.3 is 0 Å². The number of carbonyl (C=O) groups is 1. The highest BCUT2D eigenvalue weighted by atomic mass is 16.5. The van der Waals surface area contributed by atoms with E-state index in [1.807, 2.05) is 25.1 Å². The zero-order valence-electron chi connectivity index (χ0n) is 13.6. The number of pyridine rings is 1. The molecule has 5 nitrogen and oxygen atoms in total. The van der Waals surface area contributed by atoms with Gasteiger partial charge in [0.1, 0.15) is 5.75 Å². The smallest absolute Gasteiger partial charge is 0.253 e. The summed E-state index contributed by atoms with van der Waals surface area (Å²) < 4.78 is 5.11. The molecular formula is C19H18N2O3. The number of aromatic amines is 1. The standard InChI is InChI=1S/C19H18N2O3/c1-12-6-7-13-9-15(19(23)21-17(13)8-12)11-20-18(22)14-4-3-5-16(10-14)24-2/h3-10H,11H2,1-2H3,(H,20,22)(H,21,23). The number of aryl methyl sites for hydroxylation is 1. The van der Waals surface area contributed by atoms with Crippen molar-refractivity contribution in [3.8, 4) is 5.75 Å². The summed E-state index contributed by atoms with van der Waals surface area (Å²) in [6, 6.07) is 14.5. The third kappa shape index (κ3) is 3.30. The molecule has 0 unspecified atom stereocenters. The predicted molar refractivity (Wildman–Crippen MR) is 93.5 cm³/mol. The average Bonchev–Trinajstić information content (AvgIpc) is 2.59. The van der Waals surface area contributed by atoms with Crippen LogP contribution in [0.4, 0.5) is 0 Å². The van der Waals surface area contributed by atoms with Crippen molar-refractivity contribution in [3.05, 3.63) is 75.6 Å². The summed E-state index contributed by atoms with van der Waals surface area (Å²) in [5.74, 6) is 0.360. The zero-order valence-corrected chi connectivity index (χ0v) is 13.6. The van der Waals surface area contributed by atoms with Gasteiger partial charge in [-0.3, -0.25) is 9.59 Å². The molecule has 1 amide bonds. The van der Waals surface area contributed by atoms with Crippen molar-refractivity contribution < 1.29 is 9.53 Å². The van der Waals surface area contributed by atoms with Gasteiger partial charge in [-0.2, -0.15) is 0 Å². The van der Waals surface area contributed by atoms with E-state index in [0.29, 0.717) is 16.9 Å². The van der Waals surface area contributed by atoms with E-state index in [9.17, 15) is 9.59 Å². The van der Waals surface area contributed by atoms with Gasteiger partial charge < -0.3 is 15.0 Å². The van der Waals surface area contributed by atoms with Gasteiger partial charge in [0.15, 0.2) is 0 Å². The molecule has 0 radical (unpaired) electrons. The Morgan fingerprint density at radius 2 is 2.00 bits per heavy atom. The van der Waals surface area contributed by atoms with Crippen molar-refractivity contribution in [2.45, 2.75) is 13.5 Å². The second kappa shape index (κ2) is 6.58. The molecule has 0 spiro atoms. The maximum Gasteiger partial charge on any atom is 0.253 e. The first kappa shape index (κ1) is 15.8. The summed E-state index contributed by atoms with van der Waals surface area (Å²) in [6.45, 7) is 2.13. The van der Waals surface area contributed by atoms with Crippen molar-refractivity contribution in [2.75, 3.05) is 7.11 Å². The number of fused-ring (bicyclic) bond motifs is 1. The molecule has 3 rings (SSSR count). The van der Waals surface area contributed by atoms with Gasteiger partial charge in [-0.15, -0.1) is 0 Å². The van der Waals surface area contributed by atoms with Crippen LogP contribution in [0.5, 0.6) is 5.75 Å². The molecule has 0 aliphatic heterocycles. The lowest BCUT2D eigenvalue weighted by Crippen LogP contribution is -2.26. The van der Waals surface area contributed by atoms with Gasteiger partial charge in [-0.25, -0.2) is 0 Å². The summed E-state index contributed by atoms with van der Waals surface area (Å²) in [6.07, 6.45) is 0. The van der Waals surface area contributed by atoms with E-state index in [1.165, 1.54) is 0 Å². The number of rotatable bonds is 4. The number of ether oxygens (including phenoxy) is 1. The van der Waals surface area contributed by atoms with Crippen LogP contribution in [0.2, 0.25) is 0 Å². The molecule has 5 heteroatoms. The van der Waals surface area contributed by atoms with Gasteiger partial charge in [0.25, 0.3) is 11.5 Å². The molecule has 0 aliphatic carbocycles. The minimum atomic E-state index is -0.252. The Kier molecular flexibility index (Phi) is 4.33. The lowest BCUT2D eigenvalue weighted by atomic mass is 10.1. The largest absolute Gasteiger partial charge is 0.497 e. The number of benzene rings is 2. The number of aromatic nitrogens is 1. The first-order valence-corrected chi connectivity index (χ1v) is 7.61. The van der Waals surface area contributed by atoms with Crippen LogP contribution in [0.3, 0.4) is 0 Å². The molecular weight excluding hydrogens is 304 g/mol. The quantitative estimate of drug-likeness (QED) is 0.776. The summed E-state index contributed by atoms with van der Waals surface area (Å²) in [7, 11) is 1.55. The molecule has 0 bridgehead atoms. The molecule has 1 aromatic heterocycles. The first-order valence-electron chi connectivity index (χ1n) is 7.61. The highest BCUT2D eigenvalue weighted by Gasteiger charge is 2.09. The number of H-pyrrole nitrogens is 1. The van der Waals surface area contributed by atoms with Crippen LogP contribution in [0.25, 0.3) is 10.9 Å². The van der Waals surface area contributed by atoms with E-state index < -0.39 is 0 Å². The fourth-order valence-corrected chi connectivity index (χ4v) is 2.53. The molecule has 0 saturated carbocycles. The fraction of sp³-hybridized carbons (Fsp3) is 0.158. The SMILES string of the molecule is COc1cccc(C(=O)NCc2cc3ccc(C)cc3[nH]c2=O)c1. The summed E-state index contributed by atoms with van der Waals surface area (Å²) in [4.78, 5) is 27.2. The molecule has 122 valence electrons. The summed E-state index contributed by atoms with van der Waals surface area (Å²) >= 11 is 0. The third-order valence-corrected chi connectivity index (χ3v) is 3.85. The van der Waals surface area contributed by atoms with E-state index in [0.717, 1.165) is 16.5 Å². The van der Waals surface area contributed by atoms with Gasteiger partial charge in [0, 0.05) is 23.2 Å². The molecule has 0 atom stereocenters. The molecule has 0 aliphatic rings. The highest BCUT2D eigenvalue weighted by molar-refractivity contribution is 5.94. The van der Waals surface area contributed by atoms with Gasteiger partial charge in [0.2, 0.25) is 0 Å². The Labute approximate surface area is 139 Å². The van der Waals surface area contributed by atoms with Crippen molar-refractivity contribution in [2.24, 2.45) is 0 Å². The van der Waals surface area contributed by atoms with Crippen LogP contribution in [0.15, 0.2) is 53.3 Å². The molecule has 2 aromatic carbocycles. The van der Waals surface area contributed by atoms with Crippen LogP contribution in [-0.2, 0) is 6.54 Å². The first-order chi connectivity index (χ1) is 11.6. The van der Waals surface area contributed by atoms with Crippen molar-refractivity contribution in [1.82, 2.24) is 10.3 Å².